The Labute approximate surface area is 214 Å². The van der Waals surface area contributed by atoms with E-state index in [-0.39, 0.29) is 6.61 Å². The zero-order valence-corrected chi connectivity index (χ0v) is 20.9. The van der Waals surface area contributed by atoms with E-state index in [1.807, 2.05) is 49.6 Å². The van der Waals surface area contributed by atoms with Crippen molar-refractivity contribution in [2.45, 2.75) is 20.1 Å². The molecule has 188 valence electrons. The zero-order chi connectivity index (χ0) is 25.4. The number of aryl methyl sites for hydroxylation is 2. The Balaban J connectivity index is 1.62. The molecule has 10 nitrogen and oxygen atoms in total. The van der Waals surface area contributed by atoms with Gasteiger partial charge in [-0.25, -0.2) is 15.0 Å². The van der Waals surface area contributed by atoms with E-state index in [2.05, 4.69) is 26.5 Å². The van der Waals surface area contributed by atoms with Gasteiger partial charge in [0, 0.05) is 62.0 Å². The fourth-order valence-corrected chi connectivity index (χ4v) is 4.78. The average molecular weight is 497 g/mol. The van der Waals surface area contributed by atoms with Gasteiger partial charge in [0.1, 0.15) is 5.82 Å². The predicted molar refractivity (Wildman–Crippen MR) is 141 cm³/mol. The maximum absolute atomic E-state index is 9.82. The van der Waals surface area contributed by atoms with Gasteiger partial charge in [0.2, 0.25) is 0 Å². The molecule has 0 atom stereocenters. The molecule has 1 saturated heterocycles. The number of aromatic nitrogens is 7. The SMILES string of the molecule is CCn1c(-c2ccncc2)nc2c(N3CCOCC3)nc(-c3ccc(CO)cc3-c3ccn(C)n3)nc21. The molecule has 0 radical (unpaired) electrons. The largest absolute Gasteiger partial charge is 0.392 e. The highest BCUT2D eigenvalue weighted by atomic mass is 16.5. The van der Waals surface area contributed by atoms with Crippen LogP contribution < -0.4 is 4.90 Å². The Bertz CT molecular complexity index is 1550. The van der Waals surface area contributed by atoms with E-state index in [0.717, 1.165) is 63.8 Å². The van der Waals surface area contributed by atoms with Gasteiger partial charge >= 0.3 is 0 Å². The van der Waals surface area contributed by atoms with Crippen molar-refractivity contribution < 1.29 is 9.84 Å². The summed E-state index contributed by atoms with van der Waals surface area (Å²) >= 11 is 0. The first kappa shape index (κ1) is 23.3. The smallest absolute Gasteiger partial charge is 0.166 e. The Morgan fingerprint density at radius 2 is 1.78 bits per heavy atom. The monoisotopic (exact) mass is 496 g/mol. The van der Waals surface area contributed by atoms with Crippen molar-refractivity contribution in [2.24, 2.45) is 7.05 Å². The van der Waals surface area contributed by atoms with Crippen LogP contribution in [0.5, 0.6) is 0 Å². The van der Waals surface area contributed by atoms with Crippen LogP contribution in [0.15, 0.2) is 55.0 Å². The van der Waals surface area contributed by atoms with Gasteiger partial charge < -0.3 is 19.3 Å². The second kappa shape index (κ2) is 9.72. The molecule has 0 aliphatic carbocycles. The van der Waals surface area contributed by atoms with Gasteiger partial charge in [-0.15, -0.1) is 0 Å². The maximum atomic E-state index is 9.82. The number of imidazole rings is 1. The Hall–Kier alpha value is -4.15. The molecule has 0 bridgehead atoms. The number of rotatable bonds is 6. The Kier molecular flexibility index (Phi) is 6.11. The quantitative estimate of drug-likeness (QED) is 0.382. The molecule has 0 unspecified atom stereocenters. The number of aliphatic hydroxyl groups is 1. The van der Waals surface area contributed by atoms with E-state index >= 15 is 0 Å². The van der Waals surface area contributed by atoms with Crippen LogP contribution in [-0.2, 0) is 24.9 Å². The number of hydrogen-bond acceptors (Lipinski definition) is 8. The fourth-order valence-electron chi connectivity index (χ4n) is 4.78. The molecule has 1 N–H and O–H groups in total. The minimum atomic E-state index is -0.0586. The number of nitrogens with zero attached hydrogens (tertiary/aromatic N) is 8. The summed E-state index contributed by atoms with van der Waals surface area (Å²) in [5.74, 6) is 2.22. The van der Waals surface area contributed by atoms with Crippen LogP contribution in [0.25, 0.3) is 45.2 Å². The minimum absolute atomic E-state index is 0.0586. The number of aliphatic hydroxyl groups excluding tert-OH is 1. The molecule has 0 amide bonds. The number of morpholine rings is 1. The third-order valence-corrected chi connectivity index (χ3v) is 6.64. The molecule has 1 aliphatic heterocycles. The van der Waals surface area contributed by atoms with Crippen LogP contribution in [0.3, 0.4) is 0 Å². The van der Waals surface area contributed by atoms with Crippen molar-refractivity contribution in [1.29, 1.82) is 0 Å². The molecule has 6 rings (SSSR count). The normalized spacial score (nSPS) is 14.0. The lowest BCUT2D eigenvalue weighted by atomic mass is 10.0. The topological polar surface area (TPSA) is 107 Å². The lowest BCUT2D eigenvalue weighted by Crippen LogP contribution is -2.37. The van der Waals surface area contributed by atoms with Gasteiger partial charge in [-0.05, 0) is 36.8 Å². The second-order valence-corrected chi connectivity index (χ2v) is 8.97. The maximum Gasteiger partial charge on any atom is 0.166 e. The van der Waals surface area contributed by atoms with Gasteiger partial charge in [0.05, 0.1) is 25.5 Å². The molecular weight excluding hydrogens is 468 g/mol. The van der Waals surface area contributed by atoms with Gasteiger partial charge in [-0.1, -0.05) is 12.1 Å². The third-order valence-electron chi connectivity index (χ3n) is 6.64. The van der Waals surface area contributed by atoms with E-state index in [4.69, 9.17) is 19.7 Å². The lowest BCUT2D eigenvalue weighted by Gasteiger charge is -2.28. The molecule has 4 aromatic heterocycles. The molecule has 0 spiro atoms. The van der Waals surface area contributed by atoms with Crippen LogP contribution in [0.2, 0.25) is 0 Å². The first-order valence-corrected chi connectivity index (χ1v) is 12.4. The van der Waals surface area contributed by atoms with Crippen molar-refractivity contribution in [3.05, 3.63) is 60.6 Å². The third kappa shape index (κ3) is 4.24. The van der Waals surface area contributed by atoms with Crippen molar-refractivity contribution >= 4 is 17.0 Å². The molecule has 5 aromatic rings. The van der Waals surface area contributed by atoms with Gasteiger partial charge in [-0.2, -0.15) is 5.10 Å². The second-order valence-electron chi connectivity index (χ2n) is 8.97. The van der Waals surface area contributed by atoms with E-state index in [1.165, 1.54) is 0 Å². The molecule has 1 fully saturated rings. The van der Waals surface area contributed by atoms with Crippen LogP contribution in [-0.4, -0.2) is 65.7 Å². The Morgan fingerprint density at radius 1 is 0.973 bits per heavy atom. The van der Waals surface area contributed by atoms with Crippen LogP contribution >= 0.6 is 0 Å². The lowest BCUT2D eigenvalue weighted by molar-refractivity contribution is 0.122. The van der Waals surface area contributed by atoms with E-state index in [9.17, 15) is 5.11 Å². The van der Waals surface area contributed by atoms with Crippen molar-refractivity contribution in [2.75, 3.05) is 31.2 Å². The average Bonchev–Trinajstić information content (AvgIpc) is 3.56. The van der Waals surface area contributed by atoms with Crippen molar-refractivity contribution in [3.8, 4) is 34.0 Å². The van der Waals surface area contributed by atoms with Crippen molar-refractivity contribution in [3.63, 3.8) is 0 Å². The summed E-state index contributed by atoms with van der Waals surface area (Å²) in [6.07, 6.45) is 5.45. The Morgan fingerprint density at radius 3 is 2.49 bits per heavy atom. The zero-order valence-electron chi connectivity index (χ0n) is 20.9. The summed E-state index contributed by atoms with van der Waals surface area (Å²) in [7, 11) is 1.89. The number of hydrogen-bond donors (Lipinski definition) is 1. The highest BCUT2D eigenvalue weighted by molar-refractivity contribution is 5.90. The molecule has 10 heteroatoms. The molecular formula is C27H28N8O2. The van der Waals surface area contributed by atoms with E-state index in [0.29, 0.717) is 25.6 Å². The summed E-state index contributed by atoms with van der Waals surface area (Å²) in [6.45, 7) is 5.46. The first-order chi connectivity index (χ1) is 18.2. The molecule has 5 heterocycles. The molecule has 0 saturated carbocycles. The number of benzene rings is 1. The number of anilines is 1. The first-order valence-electron chi connectivity index (χ1n) is 12.4. The van der Waals surface area contributed by atoms with Crippen LogP contribution in [0, 0.1) is 0 Å². The summed E-state index contributed by atoms with van der Waals surface area (Å²) in [5.41, 5.74) is 5.84. The van der Waals surface area contributed by atoms with E-state index in [1.54, 1.807) is 17.1 Å². The minimum Gasteiger partial charge on any atom is -0.392 e. The number of pyridine rings is 1. The molecule has 1 aromatic carbocycles. The van der Waals surface area contributed by atoms with Gasteiger partial charge in [-0.3, -0.25) is 9.67 Å². The summed E-state index contributed by atoms with van der Waals surface area (Å²) in [6, 6.07) is 11.7. The fraction of sp³-hybridized carbons (Fsp3) is 0.296. The highest BCUT2D eigenvalue weighted by Gasteiger charge is 2.25. The highest BCUT2D eigenvalue weighted by Crippen LogP contribution is 2.35. The van der Waals surface area contributed by atoms with Crippen LogP contribution in [0.4, 0.5) is 5.82 Å². The van der Waals surface area contributed by atoms with Gasteiger partial charge in [0.25, 0.3) is 0 Å². The molecule has 1 aliphatic rings. The standard InChI is InChI=1S/C27H28N8O2/c1-3-35-25(19-6-9-28-10-7-19)29-23-26(34-12-14-37-15-13-34)30-24(31-27(23)35)20-5-4-18(17-36)16-21(20)22-8-11-33(2)32-22/h4-11,16,36H,3,12-15,17H2,1-2H3. The van der Waals surface area contributed by atoms with Gasteiger partial charge in [0.15, 0.2) is 22.8 Å². The summed E-state index contributed by atoms with van der Waals surface area (Å²) < 4.78 is 9.51. The summed E-state index contributed by atoms with van der Waals surface area (Å²) in [4.78, 5) is 21.6. The number of fused-ring (bicyclic) bond motifs is 1. The summed E-state index contributed by atoms with van der Waals surface area (Å²) in [5, 5.41) is 14.4. The predicted octanol–water partition coefficient (Wildman–Crippen LogP) is 3.30. The number of ether oxygens (including phenoxy) is 1. The van der Waals surface area contributed by atoms with Crippen LogP contribution in [0.1, 0.15) is 12.5 Å². The van der Waals surface area contributed by atoms with Crippen molar-refractivity contribution in [1.82, 2.24) is 34.3 Å². The van der Waals surface area contributed by atoms with E-state index < -0.39 is 0 Å². The molecule has 37 heavy (non-hydrogen) atoms.